The molecule has 2 aromatic rings. The molecule has 3 aliphatic carbocycles. The molecule has 0 bridgehead atoms. The molecule has 0 radical (unpaired) electrons. The number of hydrogen-bond donors (Lipinski definition) is 1. The maximum Gasteiger partial charge on any atom is 0.0383 e. The van der Waals surface area contributed by atoms with Gasteiger partial charge in [0, 0.05) is 21.8 Å². The maximum atomic E-state index is 3.55. The Morgan fingerprint density at radius 3 is 2.66 bits per heavy atom. The molecule has 35 heavy (non-hydrogen) atoms. The predicted molar refractivity (Wildman–Crippen MR) is 155 cm³/mol. The Bertz CT molecular complexity index is 1330. The summed E-state index contributed by atoms with van der Waals surface area (Å²) in [6.07, 6.45) is 27.7. The molecule has 0 fully saturated rings. The third kappa shape index (κ3) is 5.13. The first-order valence-electron chi connectivity index (χ1n) is 12.5. The maximum absolute atomic E-state index is 3.55. The van der Waals surface area contributed by atoms with Crippen molar-refractivity contribution in [1.29, 1.82) is 0 Å². The van der Waals surface area contributed by atoms with Gasteiger partial charge in [-0.1, -0.05) is 115 Å². The lowest BCUT2D eigenvalue weighted by molar-refractivity contribution is 0.660. The summed E-state index contributed by atoms with van der Waals surface area (Å²) >= 11 is 3.55. The van der Waals surface area contributed by atoms with E-state index in [1.807, 2.05) is 6.20 Å². The van der Waals surface area contributed by atoms with Crippen molar-refractivity contribution in [2.75, 3.05) is 5.32 Å². The summed E-state index contributed by atoms with van der Waals surface area (Å²) in [4.78, 5) is 0. The van der Waals surface area contributed by atoms with Crippen LogP contribution in [0.2, 0.25) is 0 Å². The predicted octanol–water partition coefficient (Wildman–Crippen LogP) is 9.53. The van der Waals surface area contributed by atoms with Gasteiger partial charge in [-0.3, -0.25) is 0 Å². The fourth-order valence-electron chi connectivity index (χ4n) is 5.15. The summed E-state index contributed by atoms with van der Waals surface area (Å²) in [5, 5.41) is 3.50. The van der Waals surface area contributed by atoms with Crippen LogP contribution >= 0.6 is 15.9 Å². The molecule has 1 N–H and O–H groups in total. The largest absolute Gasteiger partial charge is 0.362 e. The van der Waals surface area contributed by atoms with Gasteiger partial charge in [0.05, 0.1) is 0 Å². The van der Waals surface area contributed by atoms with Crippen LogP contribution in [0.5, 0.6) is 0 Å². The smallest absolute Gasteiger partial charge is 0.0383 e. The molecule has 5 rings (SSSR count). The Kier molecular flexibility index (Phi) is 6.92. The third-order valence-electron chi connectivity index (χ3n) is 7.14. The van der Waals surface area contributed by atoms with Gasteiger partial charge in [-0.2, -0.15) is 0 Å². The lowest BCUT2D eigenvalue weighted by Crippen LogP contribution is -2.15. The normalized spacial score (nSPS) is 20.7. The number of benzene rings is 2. The molecule has 1 unspecified atom stereocenters. The van der Waals surface area contributed by atoms with Gasteiger partial charge < -0.3 is 5.32 Å². The second-order valence-electron chi connectivity index (χ2n) is 9.90. The van der Waals surface area contributed by atoms with Crippen molar-refractivity contribution in [3.63, 3.8) is 0 Å². The van der Waals surface area contributed by atoms with Crippen molar-refractivity contribution in [1.82, 2.24) is 0 Å². The summed E-state index contributed by atoms with van der Waals surface area (Å²) in [5.41, 5.74) is 9.18. The minimum atomic E-state index is 0.0172. The van der Waals surface area contributed by atoms with Gasteiger partial charge in [-0.25, -0.2) is 0 Å². The Labute approximate surface area is 218 Å². The Balaban J connectivity index is 1.33. The highest BCUT2D eigenvalue weighted by Gasteiger charge is 2.35. The van der Waals surface area contributed by atoms with Gasteiger partial charge in [-0.05, 0) is 76.8 Å². The zero-order valence-corrected chi connectivity index (χ0v) is 22.1. The van der Waals surface area contributed by atoms with Gasteiger partial charge >= 0.3 is 0 Å². The fraction of sp³-hybridized carbons (Fsp3) is 0.212. The summed E-state index contributed by atoms with van der Waals surface area (Å²) < 4.78 is 1.17. The van der Waals surface area contributed by atoms with Gasteiger partial charge in [0.25, 0.3) is 0 Å². The molecule has 0 spiro atoms. The molecule has 1 atom stereocenters. The Hall–Kier alpha value is -3.10. The molecule has 0 saturated heterocycles. The van der Waals surface area contributed by atoms with Crippen LogP contribution < -0.4 is 5.32 Å². The zero-order chi connectivity index (χ0) is 24.3. The quantitative estimate of drug-likeness (QED) is 0.373. The number of rotatable bonds is 6. The van der Waals surface area contributed by atoms with E-state index in [1.165, 1.54) is 37.9 Å². The van der Waals surface area contributed by atoms with Gasteiger partial charge in [-0.15, -0.1) is 0 Å². The molecule has 0 aromatic heterocycles. The average Bonchev–Trinajstić information content (AvgIpc) is 3.11. The number of anilines is 1. The van der Waals surface area contributed by atoms with Crippen molar-refractivity contribution < 1.29 is 0 Å². The van der Waals surface area contributed by atoms with Crippen LogP contribution in [-0.4, -0.2) is 0 Å². The summed E-state index contributed by atoms with van der Waals surface area (Å²) in [7, 11) is 0. The second kappa shape index (κ2) is 10.3. The first-order valence-corrected chi connectivity index (χ1v) is 13.3. The van der Waals surface area contributed by atoms with Crippen molar-refractivity contribution in [2.24, 2.45) is 5.92 Å². The number of halogens is 1. The van der Waals surface area contributed by atoms with Crippen LogP contribution in [0.3, 0.4) is 0 Å². The number of fused-ring (bicyclic) bond motifs is 3. The first kappa shape index (κ1) is 23.6. The molecule has 0 amide bonds. The monoisotopic (exact) mass is 521 g/mol. The van der Waals surface area contributed by atoms with Gasteiger partial charge in [0.2, 0.25) is 0 Å². The summed E-state index contributed by atoms with van der Waals surface area (Å²) in [6.45, 7) is 4.64. The minimum Gasteiger partial charge on any atom is -0.362 e. The average molecular weight is 523 g/mol. The number of nitrogens with one attached hydrogen (secondary N) is 1. The third-order valence-corrected chi connectivity index (χ3v) is 7.73. The SMILES string of the molecule is CC1(C)c2ccccc2-c2ccc(N/C=C/C=C(\C=C/C3C=CC(Br)=CC3)C3=CCCC=C3)cc21. The molecular formula is C33H32BrN. The van der Waals surface area contributed by atoms with Crippen LogP contribution in [0.4, 0.5) is 5.69 Å². The standard InChI is InChI=1S/C33H32BrN/c1-33(2)31-13-7-6-12-29(31)30-21-20-28(23-32(30)33)35-22-8-11-26(25-9-4-3-5-10-25)17-14-24-15-18-27(34)19-16-24/h4,6-15,17-24,35H,3,5,16H2,1-2H3/b17-14-,22-8+,26-11+. The van der Waals surface area contributed by atoms with E-state index in [4.69, 9.17) is 0 Å². The fourth-order valence-corrected chi connectivity index (χ4v) is 5.49. The summed E-state index contributed by atoms with van der Waals surface area (Å²) in [5.74, 6) is 0.439. The second-order valence-corrected chi connectivity index (χ2v) is 10.8. The van der Waals surface area contributed by atoms with Crippen LogP contribution in [0, 0.1) is 5.92 Å². The van der Waals surface area contributed by atoms with Crippen LogP contribution in [0.25, 0.3) is 11.1 Å². The van der Waals surface area contributed by atoms with E-state index in [2.05, 4.69) is 138 Å². The van der Waals surface area contributed by atoms with Crippen molar-refractivity contribution in [3.8, 4) is 11.1 Å². The molecule has 0 aliphatic heterocycles. The summed E-state index contributed by atoms with van der Waals surface area (Å²) in [6, 6.07) is 15.5. The van der Waals surface area contributed by atoms with Crippen molar-refractivity contribution in [2.45, 2.75) is 38.5 Å². The molecule has 0 saturated carbocycles. The van der Waals surface area contributed by atoms with Crippen LogP contribution in [0.1, 0.15) is 44.2 Å². The highest BCUT2D eigenvalue weighted by atomic mass is 79.9. The lowest BCUT2D eigenvalue weighted by Gasteiger charge is -2.21. The minimum absolute atomic E-state index is 0.0172. The Morgan fingerprint density at radius 1 is 1.00 bits per heavy atom. The zero-order valence-electron chi connectivity index (χ0n) is 20.5. The van der Waals surface area contributed by atoms with E-state index in [-0.39, 0.29) is 5.41 Å². The van der Waals surface area contributed by atoms with Crippen LogP contribution in [-0.2, 0) is 5.41 Å². The molecule has 2 heteroatoms. The van der Waals surface area contributed by atoms with Gasteiger partial charge in [0.1, 0.15) is 0 Å². The highest BCUT2D eigenvalue weighted by Crippen LogP contribution is 2.49. The van der Waals surface area contributed by atoms with Crippen molar-refractivity contribution in [3.05, 3.63) is 136 Å². The number of hydrogen-bond acceptors (Lipinski definition) is 1. The highest BCUT2D eigenvalue weighted by molar-refractivity contribution is 9.11. The van der Waals surface area contributed by atoms with E-state index in [1.54, 1.807) is 0 Å². The molecule has 3 aliphatic rings. The topological polar surface area (TPSA) is 12.0 Å². The molecule has 0 heterocycles. The van der Waals surface area contributed by atoms with E-state index in [0.717, 1.165) is 24.9 Å². The lowest BCUT2D eigenvalue weighted by atomic mass is 9.82. The van der Waals surface area contributed by atoms with E-state index < -0.39 is 0 Å². The van der Waals surface area contributed by atoms with Crippen molar-refractivity contribution >= 4 is 21.6 Å². The van der Waals surface area contributed by atoms with E-state index >= 15 is 0 Å². The molecule has 1 nitrogen and oxygen atoms in total. The molecule has 176 valence electrons. The van der Waals surface area contributed by atoms with Gasteiger partial charge in [0.15, 0.2) is 0 Å². The first-order chi connectivity index (χ1) is 17.0. The van der Waals surface area contributed by atoms with Crippen LogP contribution in [0.15, 0.2) is 125 Å². The van der Waals surface area contributed by atoms with E-state index in [0.29, 0.717) is 5.92 Å². The molecule has 2 aromatic carbocycles. The number of allylic oxidation sites excluding steroid dienone is 13. The Morgan fingerprint density at radius 2 is 1.86 bits per heavy atom. The van der Waals surface area contributed by atoms with E-state index in [9.17, 15) is 0 Å². The molecular weight excluding hydrogens is 490 g/mol.